The Bertz CT molecular complexity index is 902. The molecule has 1 saturated heterocycles. The van der Waals surface area contributed by atoms with Gasteiger partial charge in [0.15, 0.2) is 0 Å². The van der Waals surface area contributed by atoms with E-state index in [1.807, 2.05) is 26.0 Å². The van der Waals surface area contributed by atoms with Gasteiger partial charge in [-0.2, -0.15) is 0 Å². The Kier molecular flexibility index (Phi) is 7.62. The molecule has 0 spiro atoms. The van der Waals surface area contributed by atoms with Crippen molar-refractivity contribution in [3.05, 3.63) is 57.6 Å². The van der Waals surface area contributed by atoms with E-state index in [1.165, 1.54) is 6.42 Å². The second kappa shape index (κ2) is 10.2. The molecule has 7 heteroatoms. The van der Waals surface area contributed by atoms with Gasteiger partial charge in [-0.1, -0.05) is 23.2 Å². The molecular formula is C23H27Cl2N3O2. The number of anilines is 2. The van der Waals surface area contributed by atoms with E-state index in [2.05, 4.69) is 10.2 Å². The van der Waals surface area contributed by atoms with E-state index in [9.17, 15) is 9.59 Å². The minimum atomic E-state index is -0.327. The molecule has 30 heavy (non-hydrogen) atoms. The molecule has 0 aliphatic carbocycles. The lowest BCUT2D eigenvalue weighted by Gasteiger charge is -2.31. The van der Waals surface area contributed by atoms with Crippen molar-refractivity contribution in [2.24, 2.45) is 0 Å². The second-order valence-electron chi connectivity index (χ2n) is 7.37. The number of benzene rings is 2. The van der Waals surface area contributed by atoms with E-state index in [0.717, 1.165) is 31.6 Å². The average molecular weight is 448 g/mol. The number of nitrogens with one attached hydrogen (secondary N) is 1. The topological polar surface area (TPSA) is 52.7 Å². The largest absolute Gasteiger partial charge is 0.371 e. The highest BCUT2D eigenvalue weighted by Crippen LogP contribution is 2.29. The van der Waals surface area contributed by atoms with Crippen molar-refractivity contribution >= 4 is 46.4 Å². The zero-order valence-corrected chi connectivity index (χ0v) is 18.9. The third-order valence-electron chi connectivity index (χ3n) is 5.36. The van der Waals surface area contributed by atoms with E-state index in [-0.39, 0.29) is 11.8 Å². The van der Waals surface area contributed by atoms with Crippen molar-refractivity contribution in [1.29, 1.82) is 0 Å². The van der Waals surface area contributed by atoms with Crippen molar-refractivity contribution < 1.29 is 9.59 Å². The van der Waals surface area contributed by atoms with E-state index in [0.29, 0.717) is 39.9 Å². The lowest BCUT2D eigenvalue weighted by molar-refractivity contribution is 0.0773. The van der Waals surface area contributed by atoms with Crippen LogP contribution in [0.5, 0.6) is 0 Å². The van der Waals surface area contributed by atoms with Crippen molar-refractivity contribution in [2.45, 2.75) is 33.1 Å². The van der Waals surface area contributed by atoms with Crippen LogP contribution in [0.2, 0.25) is 10.0 Å². The fraction of sp³-hybridized carbons (Fsp3) is 0.391. The Balaban J connectivity index is 1.92. The molecule has 2 aromatic carbocycles. The molecule has 0 bridgehead atoms. The van der Waals surface area contributed by atoms with Gasteiger partial charge >= 0.3 is 0 Å². The van der Waals surface area contributed by atoms with Gasteiger partial charge in [0, 0.05) is 53.2 Å². The molecule has 2 amide bonds. The Hall–Kier alpha value is -2.24. The third kappa shape index (κ3) is 5.27. The van der Waals surface area contributed by atoms with Gasteiger partial charge in [0.05, 0.1) is 5.56 Å². The van der Waals surface area contributed by atoms with E-state index >= 15 is 0 Å². The first-order valence-corrected chi connectivity index (χ1v) is 11.1. The SMILES string of the molecule is CCN(CC)C(=O)c1cc(NC(=O)c2cc(Cl)cc(Cl)c2)ccc1N1CCCCC1. The maximum absolute atomic E-state index is 13.2. The van der Waals surface area contributed by atoms with Crippen molar-refractivity contribution in [3.63, 3.8) is 0 Å². The number of halogens is 2. The minimum absolute atomic E-state index is 0.0255. The summed E-state index contributed by atoms with van der Waals surface area (Å²) in [5.74, 6) is -0.353. The summed E-state index contributed by atoms with van der Waals surface area (Å²) in [5.41, 5.74) is 2.47. The average Bonchev–Trinajstić information content (AvgIpc) is 2.74. The van der Waals surface area contributed by atoms with Gasteiger partial charge < -0.3 is 15.1 Å². The minimum Gasteiger partial charge on any atom is -0.371 e. The molecule has 3 rings (SSSR count). The van der Waals surface area contributed by atoms with Gasteiger partial charge in [0.25, 0.3) is 11.8 Å². The number of carbonyl (C=O) groups is 2. The Morgan fingerprint density at radius 2 is 1.60 bits per heavy atom. The summed E-state index contributed by atoms with van der Waals surface area (Å²) in [4.78, 5) is 30.0. The van der Waals surface area contributed by atoms with Gasteiger partial charge in [-0.15, -0.1) is 0 Å². The fourth-order valence-corrected chi connectivity index (χ4v) is 4.29. The van der Waals surface area contributed by atoms with Crippen LogP contribution in [0, 0.1) is 0 Å². The Morgan fingerprint density at radius 1 is 0.967 bits per heavy atom. The molecule has 1 aliphatic heterocycles. The normalized spacial score (nSPS) is 13.8. The van der Waals surface area contributed by atoms with Crippen LogP contribution in [0.25, 0.3) is 0 Å². The fourth-order valence-electron chi connectivity index (χ4n) is 3.77. The van der Waals surface area contributed by atoms with Crippen molar-refractivity contribution in [3.8, 4) is 0 Å². The Labute approximate surface area is 187 Å². The molecule has 1 aliphatic rings. The monoisotopic (exact) mass is 447 g/mol. The van der Waals surface area contributed by atoms with Gasteiger partial charge in [-0.25, -0.2) is 0 Å². The molecule has 5 nitrogen and oxygen atoms in total. The molecule has 160 valence electrons. The lowest BCUT2D eigenvalue weighted by Crippen LogP contribution is -2.35. The quantitative estimate of drug-likeness (QED) is 0.615. The van der Waals surface area contributed by atoms with Crippen LogP contribution in [0.1, 0.15) is 53.8 Å². The summed E-state index contributed by atoms with van der Waals surface area (Å²) >= 11 is 12.0. The van der Waals surface area contributed by atoms with Gasteiger partial charge in [-0.05, 0) is 69.5 Å². The maximum Gasteiger partial charge on any atom is 0.256 e. The zero-order chi connectivity index (χ0) is 21.7. The number of piperidine rings is 1. The molecule has 1 N–H and O–H groups in total. The number of hydrogen-bond acceptors (Lipinski definition) is 3. The molecule has 2 aromatic rings. The molecule has 1 fully saturated rings. The van der Waals surface area contributed by atoms with Crippen molar-refractivity contribution in [2.75, 3.05) is 36.4 Å². The Morgan fingerprint density at radius 3 is 2.20 bits per heavy atom. The highest BCUT2D eigenvalue weighted by Gasteiger charge is 2.22. The number of carbonyl (C=O) groups excluding carboxylic acids is 2. The summed E-state index contributed by atoms with van der Waals surface area (Å²) in [5, 5.41) is 3.66. The first-order chi connectivity index (χ1) is 14.4. The number of rotatable bonds is 6. The predicted octanol–water partition coefficient (Wildman–Crippen LogP) is 5.72. The van der Waals surface area contributed by atoms with E-state index < -0.39 is 0 Å². The predicted molar refractivity (Wildman–Crippen MR) is 124 cm³/mol. The highest BCUT2D eigenvalue weighted by molar-refractivity contribution is 6.35. The van der Waals surface area contributed by atoms with Crippen LogP contribution < -0.4 is 10.2 Å². The molecule has 0 saturated carbocycles. The molecular weight excluding hydrogens is 421 g/mol. The van der Waals surface area contributed by atoms with Gasteiger partial charge in [-0.3, -0.25) is 9.59 Å². The van der Waals surface area contributed by atoms with Crippen LogP contribution in [-0.4, -0.2) is 42.9 Å². The molecule has 0 atom stereocenters. The molecule has 1 heterocycles. The van der Waals surface area contributed by atoms with Crippen LogP contribution >= 0.6 is 23.2 Å². The van der Waals surface area contributed by atoms with Crippen molar-refractivity contribution in [1.82, 2.24) is 4.90 Å². The number of nitrogens with zero attached hydrogens (tertiary/aromatic N) is 2. The van der Waals surface area contributed by atoms with E-state index in [4.69, 9.17) is 23.2 Å². The highest BCUT2D eigenvalue weighted by atomic mass is 35.5. The number of hydrogen-bond donors (Lipinski definition) is 1. The van der Waals surface area contributed by atoms with Gasteiger partial charge in [0.1, 0.15) is 0 Å². The number of amides is 2. The van der Waals surface area contributed by atoms with Crippen LogP contribution in [-0.2, 0) is 0 Å². The van der Waals surface area contributed by atoms with Gasteiger partial charge in [0.2, 0.25) is 0 Å². The summed E-state index contributed by atoms with van der Waals surface area (Å²) in [6.45, 7) is 7.07. The van der Waals surface area contributed by atoms with Crippen LogP contribution in [0.3, 0.4) is 0 Å². The molecule has 0 unspecified atom stereocenters. The third-order valence-corrected chi connectivity index (χ3v) is 5.79. The smallest absolute Gasteiger partial charge is 0.256 e. The first kappa shape index (κ1) is 22.4. The van der Waals surface area contributed by atoms with Crippen LogP contribution in [0.4, 0.5) is 11.4 Å². The lowest BCUT2D eigenvalue weighted by atomic mass is 10.0. The summed E-state index contributed by atoms with van der Waals surface area (Å²) in [6.07, 6.45) is 3.45. The molecule has 0 aromatic heterocycles. The van der Waals surface area contributed by atoms with Crippen LogP contribution in [0.15, 0.2) is 36.4 Å². The summed E-state index contributed by atoms with van der Waals surface area (Å²) in [7, 11) is 0. The van der Waals surface area contributed by atoms with E-state index in [1.54, 1.807) is 29.2 Å². The maximum atomic E-state index is 13.2. The first-order valence-electron chi connectivity index (χ1n) is 10.4. The molecule has 0 radical (unpaired) electrons. The zero-order valence-electron chi connectivity index (χ0n) is 17.4. The standard InChI is InChI=1S/C23H27Cl2N3O2/c1-3-27(4-2)23(30)20-15-19(8-9-21(20)28-10-6-5-7-11-28)26-22(29)16-12-17(24)14-18(25)13-16/h8-9,12-15H,3-7,10-11H2,1-2H3,(H,26,29). The summed E-state index contributed by atoms with van der Waals surface area (Å²) < 4.78 is 0. The second-order valence-corrected chi connectivity index (χ2v) is 8.24. The summed E-state index contributed by atoms with van der Waals surface area (Å²) in [6, 6.07) is 10.2.